The van der Waals surface area contributed by atoms with Gasteiger partial charge in [0.2, 0.25) is 11.4 Å². The van der Waals surface area contributed by atoms with E-state index in [1.807, 2.05) is 45.0 Å². The number of nitrogens with zero attached hydrogens (tertiary/aromatic N) is 6. The monoisotopic (exact) mass is 360 g/mol. The van der Waals surface area contributed by atoms with Gasteiger partial charge in [0, 0.05) is 0 Å². The molecule has 1 atom stereocenters. The molecule has 6 nitrogen and oxygen atoms in total. The van der Waals surface area contributed by atoms with Crippen molar-refractivity contribution in [2.45, 2.75) is 19.5 Å². The summed E-state index contributed by atoms with van der Waals surface area (Å²) in [5.74, 6) is 0. The van der Waals surface area contributed by atoms with Crippen molar-refractivity contribution in [1.29, 1.82) is 0 Å². The predicted octanol–water partition coefficient (Wildman–Crippen LogP) is 2.05. The number of aromatic nitrogens is 6. The zero-order valence-corrected chi connectivity index (χ0v) is 15.9. The lowest BCUT2D eigenvalue weighted by atomic mass is 10.1. The van der Waals surface area contributed by atoms with Crippen LogP contribution in [0.2, 0.25) is 0 Å². The molecule has 2 aromatic heterocycles. The lowest BCUT2D eigenvalue weighted by Crippen LogP contribution is -2.40. The second kappa shape index (κ2) is 7.15. The van der Waals surface area contributed by atoms with Crippen LogP contribution in [0.5, 0.6) is 0 Å². The van der Waals surface area contributed by atoms with E-state index in [2.05, 4.69) is 78.3 Å². The molecule has 0 aliphatic rings. The van der Waals surface area contributed by atoms with E-state index in [-0.39, 0.29) is 6.04 Å². The minimum absolute atomic E-state index is 0.163. The molecule has 0 radical (unpaired) electrons. The molecule has 0 N–H and O–H groups in total. The summed E-state index contributed by atoms with van der Waals surface area (Å²) in [7, 11) is 3.94. The molecule has 2 heterocycles. The molecule has 0 amide bonds. The second-order valence-electron chi connectivity index (χ2n) is 6.80. The van der Waals surface area contributed by atoms with Crippen molar-refractivity contribution in [2.75, 3.05) is 0 Å². The highest BCUT2D eigenvalue weighted by atomic mass is 15.5. The first-order valence-corrected chi connectivity index (χ1v) is 9.10. The van der Waals surface area contributed by atoms with Crippen LogP contribution in [0.25, 0.3) is 11.4 Å². The number of hydrogen-bond acceptors (Lipinski definition) is 2. The van der Waals surface area contributed by atoms with Crippen LogP contribution in [-0.4, -0.2) is 19.8 Å². The SMILES string of the molecule is C[C@H](c1ccccc1)[n+]1cc(-c2c[n+](Cc3ccccc3)nn2C)n(C)n1. The third-order valence-electron chi connectivity index (χ3n) is 4.84. The normalized spacial score (nSPS) is 12.3. The Morgan fingerprint density at radius 1 is 0.815 bits per heavy atom. The highest BCUT2D eigenvalue weighted by Crippen LogP contribution is 2.16. The summed E-state index contributed by atoms with van der Waals surface area (Å²) in [6, 6.07) is 20.9. The summed E-state index contributed by atoms with van der Waals surface area (Å²) in [6.07, 6.45) is 4.16. The van der Waals surface area contributed by atoms with E-state index in [9.17, 15) is 0 Å². The van der Waals surface area contributed by atoms with Crippen LogP contribution in [0.3, 0.4) is 0 Å². The molecule has 0 unspecified atom stereocenters. The number of rotatable bonds is 5. The highest BCUT2D eigenvalue weighted by molar-refractivity contribution is 5.49. The first-order valence-electron chi connectivity index (χ1n) is 9.10. The maximum absolute atomic E-state index is 4.68. The Morgan fingerprint density at radius 3 is 2.11 bits per heavy atom. The van der Waals surface area contributed by atoms with Crippen molar-refractivity contribution < 1.29 is 9.36 Å². The van der Waals surface area contributed by atoms with E-state index >= 15 is 0 Å². The molecular formula is C21H24N6+2. The minimum atomic E-state index is 0.163. The van der Waals surface area contributed by atoms with Gasteiger partial charge in [-0.2, -0.15) is 0 Å². The molecule has 2 aromatic carbocycles. The summed E-state index contributed by atoms with van der Waals surface area (Å²) in [4.78, 5) is 0. The van der Waals surface area contributed by atoms with E-state index in [4.69, 9.17) is 0 Å². The molecule has 0 bridgehead atoms. The fraction of sp³-hybridized carbons (Fsp3) is 0.238. The Kier molecular flexibility index (Phi) is 4.54. The summed E-state index contributed by atoms with van der Waals surface area (Å²) in [5, 5.41) is 9.30. The van der Waals surface area contributed by atoms with Crippen molar-refractivity contribution in [3.8, 4) is 11.4 Å². The fourth-order valence-electron chi connectivity index (χ4n) is 3.29. The quantitative estimate of drug-likeness (QED) is 0.511. The summed E-state index contributed by atoms with van der Waals surface area (Å²) in [5.41, 5.74) is 4.51. The molecule has 0 saturated heterocycles. The van der Waals surface area contributed by atoms with Gasteiger partial charge in [-0.1, -0.05) is 60.7 Å². The molecule has 0 aliphatic heterocycles. The third kappa shape index (κ3) is 3.51. The second-order valence-corrected chi connectivity index (χ2v) is 6.80. The molecular weight excluding hydrogens is 336 g/mol. The van der Waals surface area contributed by atoms with Gasteiger partial charge >= 0.3 is 0 Å². The van der Waals surface area contributed by atoms with Gasteiger partial charge in [-0.3, -0.25) is 0 Å². The fourth-order valence-corrected chi connectivity index (χ4v) is 3.29. The smallest absolute Gasteiger partial charge is 0.132 e. The van der Waals surface area contributed by atoms with Gasteiger partial charge in [0.15, 0.2) is 12.4 Å². The van der Waals surface area contributed by atoms with Crippen LogP contribution in [0.4, 0.5) is 0 Å². The molecule has 0 spiro atoms. The lowest BCUT2D eigenvalue weighted by Gasteiger charge is -2.05. The van der Waals surface area contributed by atoms with Crippen LogP contribution < -0.4 is 9.36 Å². The Bertz CT molecular complexity index is 1030. The van der Waals surface area contributed by atoms with Crippen LogP contribution in [0.1, 0.15) is 24.1 Å². The molecule has 0 aliphatic carbocycles. The number of benzene rings is 2. The Labute approximate surface area is 158 Å². The molecule has 27 heavy (non-hydrogen) atoms. The molecule has 4 aromatic rings. The summed E-state index contributed by atoms with van der Waals surface area (Å²) in [6.45, 7) is 2.90. The van der Waals surface area contributed by atoms with E-state index in [1.54, 1.807) is 0 Å². The zero-order valence-electron chi connectivity index (χ0n) is 15.9. The van der Waals surface area contributed by atoms with Crippen molar-refractivity contribution in [3.63, 3.8) is 0 Å². The molecule has 4 rings (SSSR count). The zero-order chi connectivity index (χ0) is 18.8. The summed E-state index contributed by atoms with van der Waals surface area (Å²) < 4.78 is 7.77. The topological polar surface area (TPSA) is 43.4 Å². The third-order valence-corrected chi connectivity index (χ3v) is 4.84. The van der Waals surface area contributed by atoms with Crippen molar-refractivity contribution in [2.24, 2.45) is 14.1 Å². The van der Waals surface area contributed by atoms with Crippen LogP contribution in [0.15, 0.2) is 73.1 Å². The van der Waals surface area contributed by atoms with Gasteiger partial charge in [0.25, 0.3) is 0 Å². The van der Waals surface area contributed by atoms with Gasteiger partial charge in [0.05, 0.1) is 10.4 Å². The number of hydrogen-bond donors (Lipinski definition) is 0. The van der Waals surface area contributed by atoms with Crippen molar-refractivity contribution in [1.82, 2.24) is 19.8 Å². The predicted molar refractivity (Wildman–Crippen MR) is 102 cm³/mol. The standard InChI is InChI=1S/C21H24N6/c1-17(19-12-8-5-9-13-19)27-16-21(25(3)23-27)20-15-26(22-24(20)2)14-18-10-6-4-7-11-18/h4-13,15-17H,14H2,1-3H3/q+2/t17-/m1/s1. The highest BCUT2D eigenvalue weighted by Gasteiger charge is 2.26. The van der Waals surface area contributed by atoms with E-state index in [0.29, 0.717) is 0 Å². The Morgan fingerprint density at radius 2 is 1.41 bits per heavy atom. The minimum Gasteiger partial charge on any atom is -0.132 e. The lowest BCUT2D eigenvalue weighted by molar-refractivity contribution is -0.767. The van der Waals surface area contributed by atoms with Crippen molar-refractivity contribution >= 4 is 0 Å². The van der Waals surface area contributed by atoms with E-state index in [1.165, 1.54) is 11.1 Å². The van der Waals surface area contributed by atoms with Gasteiger partial charge in [-0.25, -0.2) is 0 Å². The van der Waals surface area contributed by atoms with Gasteiger partial charge in [0.1, 0.15) is 26.7 Å². The number of aryl methyl sites for hydroxylation is 2. The van der Waals surface area contributed by atoms with E-state index in [0.717, 1.165) is 17.9 Å². The van der Waals surface area contributed by atoms with Crippen molar-refractivity contribution in [3.05, 3.63) is 84.2 Å². The maximum Gasteiger partial charge on any atom is 0.242 e. The Balaban J connectivity index is 1.63. The largest absolute Gasteiger partial charge is 0.242 e. The molecule has 136 valence electrons. The van der Waals surface area contributed by atoms with E-state index < -0.39 is 0 Å². The van der Waals surface area contributed by atoms with Gasteiger partial charge < -0.3 is 0 Å². The van der Waals surface area contributed by atoms with Gasteiger partial charge in [-0.15, -0.1) is 18.7 Å². The molecule has 0 saturated carbocycles. The van der Waals surface area contributed by atoms with Crippen LogP contribution in [0, 0.1) is 0 Å². The van der Waals surface area contributed by atoms with Crippen LogP contribution in [-0.2, 0) is 20.6 Å². The molecule has 6 heteroatoms. The maximum atomic E-state index is 4.68. The molecule has 0 fully saturated rings. The Hall–Kier alpha value is -3.28. The average molecular weight is 360 g/mol. The first-order chi connectivity index (χ1) is 13.1. The van der Waals surface area contributed by atoms with Gasteiger partial charge in [-0.05, 0) is 18.1 Å². The average Bonchev–Trinajstić information content (AvgIpc) is 3.24. The first kappa shape index (κ1) is 17.1. The summed E-state index contributed by atoms with van der Waals surface area (Å²) >= 11 is 0. The van der Waals surface area contributed by atoms with Crippen LogP contribution >= 0.6 is 0 Å².